The second kappa shape index (κ2) is 11.8. The third-order valence-corrected chi connectivity index (χ3v) is 5.13. The van der Waals surface area contributed by atoms with E-state index in [2.05, 4.69) is 5.32 Å². The fourth-order valence-electron chi connectivity index (χ4n) is 3.48. The highest BCUT2D eigenvalue weighted by Gasteiger charge is 2.22. The van der Waals surface area contributed by atoms with Crippen LogP contribution < -0.4 is 11.1 Å². The summed E-state index contributed by atoms with van der Waals surface area (Å²) in [5, 5.41) is 4.99. The molecule has 0 spiro atoms. The minimum absolute atomic E-state index is 0. The zero-order chi connectivity index (χ0) is 19.8. The van der Waals surface area contributed by atoms with Crippen molar-refractivity contribution in [1.82, 2.24) is 10.2 Å². The molecule has 6 nitrogen and oxygen atoms in total. The maximum Gasteiger partial charge on any atom is 0.251 e. The second-order valence-corrected chi connectivity index (χ2v) is 7.16. The lowest BCUT2D eigenvalue weighted by atomic mass is 10.1. The van der Waals surface area contributed by atoms with E-state index in [0.717, 1.165) is 30.0 Å². The zero-order valence-corrected chi connectivity index (χ0v) is 17.5. The summed E-state index contributed by atoms with van der Waals surface area (Å²) >= 11 is 0. The minimum Gasteiger partial charge on any atom is -0.378 e. The molecule has 3 N–H and O–H groups in total. The number of amides is 2. The summed E-state index contributed by atoms with van der Waals surface area (Å²) < 4.78 is 5.77. The molecule has 2 aromatic carbocycles. The molecule has 0 saturated carbocycles. The van der Waals surface area contributed by atoms with Crippen LogP contribution in [-0.2, 0) is 9.53 Å². The van der Waals surface area contributed by atoms with Gasteiger partial charge in [0.25, 0.3) is 5.91 Å². The predicted molar refractivity (Wildman–Crippen MR) is 117 cm³/mol. The monoisotopic (exact) mass is 419 g/mol. The fourth-order valence-corrected chi connectivity index (χ4v) is 3.48. The van der Waals surface area contributed by atoms with Gasteiger partial charge >= 0.3 is 0 Å². The van der Waals surface area contributed by atoms with Gasteiger partial charge in [-0.1, -0.05) is 30.3 Å². The summed E-state index contributed by atoms with van der Waals surface area (Å²) in [5.41, 5.74) is 6.08. The Bertz CT molecular complexity index is 807. The van der Waals surface area contributed by atoms with E-state index in [1.54, 1.807) is 0 Å². The Labute approximate surface area is 178 Å². The lowest BCUT2D eigenvalue weighted by Crippen LogP contribution is -2.42. The minimum atomic E-state index is -0.148. The average molecular weight is 420 g/mol. The van der Waals surface area contributed by atoms with Gasteiger partial charge in [-0.3, -0.25) is 9.59 Å². The van der Waals surface area contributed by atoms with E-state index in [0.29, 0.717) is 44.8 Å². The van der Waals surface area contributed by atoms with E-state index in [4.69, 9.17) is 10.5 Å². The molecular formula is C22H30ClN3O3. The van der Waals surface area contributed by atoms with Crippen molar-refractivity contribution in [3.8, 4) is 0 Å². The second-order valence-electron chi connectivity index (χ2n) is 7.16. The van der Waals surface area contributed by atoms with Gasteiger partial charge in [-0.25, -0.2) is 0 Å². The van der Waals surface area contributed by atoms with Gasteiger partial charge in [-0.15, -0.1) is 12.4 Å². The van der Waals surface area contributed by atoms with Crippen LogP contribution in [-0.4, -0.2) is 55.6 Å². The van der Waals surface area contributed by atoms with E-state index in [-0.39, 0.29) is 30.3 Å². The maximum absolute atomic E-state index is 12.4. The maximum atomic E-state index is 12.4. The molecule has 2 aromatic rings. The highest BCUT2D eigenvalue weighted by atomic mass is 35.5. The van der Waals surface area contributed by atoms with Crippen LogP contribution in [0.2, 0.25) is 0 Å². The van der Waals surface area contributed by atoms with Crippen molar-refractivity contribution >= 4 is 35.0 Å². The number of halogens is 1. The number of rotatable bonds is 8. The third kappa shape index (κ3) is 6.70. The number of hydrogen-bond donors (Lipinski definition) is 2. The fraction of sp³-hybridized carbons (Fsp3) is 0.455. The lowest BCUT2D eigenvalue weighted by molar-refractivity contribution is -0.133. The van der Waals surface area contributed by atoms with Crippen LogP contribution in [0.15, 0.2) is 42.5 Å². The van der Waals surface area contributed by atoms with Gasteiger partial charge in [0.2, 0.25) is 5.91 Å². The molecule has 0 unspecified atom stereocenters. The van der Waals surface area contributed by atoms with Crippen molar-refractivity contribution in [2.75, 3.05) is 32.8 Å². The number of carbonyl (C=O) groups excluding carboxylic acids is 2. The van der Waals surface area contributed by atoms with Gasteiger partial charge in [-0.05, 0) is 48.7 Å². The number of nitrogens with one attached hydrogen (secondary N) is 1. The lowest BCUT2D eigenvalue weighted by Gasteiger charge is -2.32. The number of likely N-dealkylation sites (tertiary alicyclic amines) is 1. The van der Waals surface area contributed by atoms with Gasteiger partial charge in [0.1, 0.15) is 0 Å². The highest BCUT2D eigenvalue weighted by Crippen LogP contribution is 2.16. The van der Waals surface area contributed by atoms with Crippen LogP contribution in [0.1, 0.15) is 36.0 Å². The number of nitrogens with zero attached hydrogens (tertiary/aromatic N) is 1. The van der Waals surface area contributed by atoms with Gasteiger partial charge < -0.3 is 20.7 Å². The summed E-state index contributed by atoms with van der Waals surface area (Å²) in [5.74, 6) is -0.0650. The number of benzene rings is 2. The molecular weight excluding hydrogens is 390 g/mol. The Balaban J connectivity index is 0.00000300. The standard InChI is InChI=1S/C22H29N3O3.ClH/c23-11-3-15-28-20-9-13-25(14-10-20)21(26)8-12-24-22(27)19-7-6-17-4-1-2-5-18(17)16-19;/h1-2,4-7,16,20H,3,8-15,23H2,(H,24,27);1H. The molecule has 1 aliphatic rings. The molecule has 0 radical (unpaired) electrons. The molecule has 2 amide bonds. The summed E-state index contributed by atoms with van der Waals surface area (Å²) in [6.07, 6.45) is 3.14. The Morgan fingerprint density at radius 2 is 1.83 bits per heavy atom. The van der Waals surface area contributed by atoms with Crippen LogP contribution in [0.3, 0.4) is 0 Å². The number of fused-ring (bicyclic) bond motifs is 1. The number of nitrogens with two attached hydrogens (primary N) is 1. The van der Waals surface area contributed by atoms with Gasteiger partial charge in [-0.2, -0.15) is 0 Å². The Morgan fingerprint density at radius 1 is 1.10 bits per heavy atom. The van der Waals surface area contributed by atoms with Crippen molar-refractivity contribution in [2.45, 2.75) is 31.8 Å². The quantitative estimate of drug-likeness (QED) is 0.644. The molecule has 1 fully saturated rings. The molecule has 0 aromatic heterocycles. The predicted octanol–water partition coefficient (Wildman–Crippen LogP) is 2.74. The summed E-state index contributed by atoms with van der Waals surface area (Å²) in [6.45, 7) is 3.10. The van der Waals surface area contributed by atoms with Crippen LogP contribution in [0, 0.1) is 0 Å². The first-order valence-corrected chi connectivity index (χ1v) is 10.0. The van der Waals surface area contributed by atoms with Crippen molar-refractivity contribution in [3.63, 3.8) is 0 Å². The molecule has 0 atom stereocenters. The first-order valence-electron chi connectivity index (χ1n) is 10.0. The molecule has 7 heteroatoms. The normalized spacial score (nSPS) is 14.4. The number of ether oxygens (including phenoxy) is 1. The van der Waals surface area contributed by atoms with Crippen molar-refractivity contribution in [2.24, 2.45) is 5.73 Å². The van der Waals surface area contributed by atoms with E-state index in [1.807, 2.05) is 47.4 Å². The summed E-state index contributed by atoms with van der Waals surface area (Å²) in [4.78, 5) is 26.6. The topological polar surface area (TPSA) is 84.7 Å². The molecule has 158 valence electrons. The van der Waals surface area contributed by atoms with Crippen molar-refractivity contribution < 1.29 is 14.3 Å². The Hall–Kier alpha value is -2.15. The van der Waals surface area contributed by atoms with Crippen molar-refractivity contribution in [3.05, 3.63) is 48.0 Å². The van der Waals surface area contributed by atoms with Gasteiger partial charge in [0.15, 0.2) is 0 Å². The number of carbonyl (C=O) groups is 2. The van der Waals surface area contributed by atoms with E-state index < -0.39 is 0 Å². The first kappa shape index (κ1) is 23.1. The van der Waals surface area contributed by atoms with E-state index in [1.165, 1.54) is 0 Å². The largest absolute Gasteiger partial charge is 0.378 e. The molecule has 1 saturated heterocycles. The molecule has 0 aliphatic carbocycles. The first-order chi connectivity index (χ1) is 13.7. The van der Waals surface area contributed by atoms with Gasteiger partial charge in [0.05, 0.1) is 6.10 Å². The number of piperidine rings is 1. The van der Waals surface area contributed by atoms with E-state index >= 15 is 0 Å². The molecule has 1 aliphatic heterocycles. The smallest absolute Gasteiger partial charge is 0.251 e. The zero-order valence-electron chi connectivity index (χ0n) is 16.6. The van der Waals surface area contributed by atoms with E-state index in [9.17, 15) is 9.59 Å². The summed E-state index contributed by atoms with van der Waals surface area (Å²) in [7, 11) is 0. The number of hydrogen-bond acceptors (Lipinski definition) is 4. The van der Waals surface area contributed by atoms with Crippen LogP contribution >= 0.6 is 12.4 Å². The van der Waals surface area contributed by atoms with Gasteiger partial charge in [0, 0.05) is 38.2 Å². The highest BCUT2D eigenvalue weighted by molar-refractivity contribution is 5.98. The van der Waals surface area contributed by atoms with Crippen LogP contribution in [0.5, 0.6) is 0 Å². The van der Waals surface area contributed by atoms with Crippen molar-refractivity contribution in [1.29, 1.82) is 0 Å². The molecule has 29 heavy (non-hydrogen) atoms. The Kier molecular flexibility index (Phi) is 9.38. The molecule has 3 rings (SSSR count). The average Bonchev–Trinajstić information content (AvgIpc) is 2.74. The molecule has 0 bridgehead atoms. The Morgan fingerprint density at radius 3 is 2.55 bits per heavy atom. The van der Waals surface area contributed by atoms with Crippen LogP contribution in [0.4, 0.5) is 0 Å². The molecule has 1 heterocycles. The SMILES string of the molecule is Cl.NCCCOC1CCN(C(=O)CCNC(=O)c2ccc3ccccc3c2)CC1. The summed E-state index contributed by atoms with van der Waals surface area (Å²) in [6, 6.07) is 13.6. The van der Waals surface area contributed by atoms with Crippen LogP contribution in [0.25, 0.3) is 10.8 Å². The third-order valence-electron chi connectivity index (χ3n) is 5.13.